The molecular weight excluding hydrogens is 245 g/mol. The maximum Gasteiger partial charge on any atom is 0.431 e. The predicted molar refractivity (Wildman–Crippen MR) is 63.4 cm³/mol. The molecule has 0 aliphatic carbocycles. The summed E-state index contributed by atoms with van der Waals surface area (Å²) >= 11 is 0. The predicted octanol–water partition coefficient (Wildman–Crippen LogP) is 2.54. The third-order valence-electron chi connectivity index (χ3n) is 2.63. The second-order valence-corrected chi connectivity index (χ2v) is 4.28. The molecule has 102 valence electrons. The second kappa shape index (κ2) is 6.58. The number of nitrogens with one attached hydrogen (secondary N) is 2. The van der Waals surface area contributed by atoms with Crippen LogP contribution in [0.15, 0.2) is 23.0 Å². The van der Waals surface area contributed by atoms with Gasteiger partial charge in [-0.1, -0.05) is 12.5 Å². The molecule has 2 rings (SSSR count). The molecule has 1 aliphatic heterocycles. The van der Waals surface area contributed by atoms with Gasteiger partial charge in [-0.15, -0.1) is 0 Å². The van der Waals surface area contributed by atoms with Crippen molar-refractivity contribution in [1.82, 2.24) is 10.3 Å². The van der Waals surface area contributed by atoms with E-state index in [1.807, 2.05) is 0 Å². The van der Waals surface area contributed by atoms with E-state index in [0.29, 0.717) is 0 Å². The highest BCUT2D eigenvalue weighted by molar-refractivity contribution is 5.06. The molecule has 2 heterocycles. The average Bonchev–Trinajstić information content (AvgIpc) is 2.30. The Balaban J connectivity index is 0.000000199. The molecule has 1 atom stereocenters. The lowest BCUT2D eigenvalue weighted by atomic mass is 10.1. The molecule has 2 N–H and O–H groups in total. The minimum Gasteiger partial charge on any atom is -0.318 e. The molecule has 18 heavy (non-hydrogen) atoms. The van der Waals surface area contributed by atoms with E-state index >= 15 is 0 Å². The summed E-state index contributed by atoms with van der Waals surface area (Å²) in [6.07, 6.45) is -0.293. The van der Waals surface area contributed by atoms with Gasteiger partial charge in [-0.05, 0) is 32.4 Å². The van der Waals surface area contributed by atoms with E-state index < -0.39 is 17.4 Å². The third-order valence-corrected chi connectivity index (χ3v) is 2.63. The van der Waals surface area contributed by atoms with Gasteiger partial charge in [0.05, 0.1) is 0 Å². The van der Waals surface area contributed by atoms with Crippen LogP contribution in [-0.2, 0) is 6.18 Å². The van der Waals surface area contributed by atoms with Crippen LogP contribution in [0.3, 0.4) is 0 Å². The van der Waals surface area contributed by atoms with Crippen molar-refractivity contribution in [3.8, 4) is 0 Å². The van der Waals surface area contributed by atoms with Crippen LogP contribution in [0.5, 0.6) is 0 Å². The Hall–Kier alpha value is -1.30. The van der Waals surface area contributed by atoms with Crippen LogP contribution in [0.2, 0.25) is 0 Å². The average molecular weight is 262 g/mol. The smallest absolute Gasteiger partial charge is 0.318 e. The number of hydrogen-bond acceptors (Lipinski definition) is 2. The minimum absolute atomic E-state index is 0.750. The monoisotopic (exact) mass is 262 g/mol. The number of alkyl halides is 3. The number of aromatic amines is 1. The summed E-state index contributed by atoms with van der Waals surface area (Å²) in [4.78, 5) is 12.0. The van der Waals surface area contributed by atoms with Crippen molar-refractivity contribution in [3.63, 3.8) is 0 Å². The van der Waals surface area contributed by atoms with Gasteiger partial charge in [-0.2, -0.15) is 13.2 Å². The van der Waals surface area contributed by atoms with Gasteiger partial charge in [0, 0.05) is 12.1 Å². The van der Waals surface area contributed by atoms with Crippen LogP contribution in [0, 0.1) is 0 Å². The lowest BCUT2D eigenvalue weighted by molar-refractivity contribution is -0.141. The van der Waals surface area contributed by atoms with E-state index in [-0.39, 0.29) is 0 Å². The minimum atomic E-state index is -4.47. The second-order valence-electron chi connectivity index (χ2n) is 4.28. The van der Waals surface area contributed by atoms with Gasteiger partial charge in [-0.3, -0.25) is 4.79 Å². The molecule has 1 saturated heterocycles. The Kier molecular flexibility index (Phi) is 5.40. The van der Waals surface area contributed by atoms with Gasteiger partial charge in [-0.25, -0.2) is 0 Å². The van der Waals surface area contributed by atoms with Crippen molar-refractivity contribution >= 4 is 0 Å². The van der Waals surface area contributed by atoms with Gasteiger partial charge in [0.2, 0.25) is 5.56 Å². The Morgan fingerprint density at radius 3 is 2.33 bits per heavy atom. The van der Waals surface area contributed by atoms with Crippen molar-refractivity contribution in [3.05, 3.63) is 34.2 Å². The van der Waals surface area contributed by atoms with Crippen molar-refractivity contribution in [2.75, 3.05) is 6.54 Å². The molecule has 0 spiro atoms. The van der Waals surface area contributed by atoms with E-state index in [1.54, 1.807) is 4.98 Å². The highest BCUT2D eigenvalue weighted by Crippen LogP contribution is 2.25. The molecule has 1 fully saturated rings. The largest absolute Gasteiger partial charge is 0.431 e. The van der Waals surface area contributed by atoms with E-state index in [1.165, 1.54) is 25.8 Å². The van der Waals surface area contributed by atoms with Crippen molar-refractivity contribution in [2.24, 2.45) is 0 Å². The number of pyridine rings is 1. The first-order chi connectivity index (χ1) is 8.39. The van der Waals surface area contributed by atoms with Crippen LogP contribution in [0.25, 0.3) is 0 Å². The first kappa shape index (κ1) is 14.8. The SMILES string of the molecule is C[C@@H]1CCCCN1.O=c1cccc(C(F)(F)F)[nH]1. The Morgan fingerprint density at radius 1 is 1.28 bits per heavy atom. The number of aromatic nitrogens is 1. The summed E-state index contributed by atoms with van der Waals surface area (Å²) in [6, 6.07) is 3.67. The van der Waals surface area contributed by atoms with Gasteiger partial charge in [0.15, 0.2) is 0 Å². The van der Waals surface area contributed by atoms with Crippen molar-refractivity contribution in [2.45, 2.75) is 38.4 Å². The fourth-order valence-corrected chi connectivity index (χ4v) is 1.64. The molecule has 3 nitrogen and oxygen atoms in total. The molecule has 0 radical (unpaired) electrons. The zero-order valence-corrected chi connectivity index (χ0v) is 10.2. The van der Waals surface area contributed by atoms with Crippen LogP contribution < -0.4 is 10.9 Å². The van der Waals surface area contributed by atoms with E-state index in [9.17, 15) is 18.0 Å². The van der Waals surface area contributed by atoms with Gasteiger partial charge >= 0.3 is 6.18 Å². The lowest BCUT2D eigenvalue weighted by Gasteiger charge is -2.18. The van der Waals surface area contributed by atoms with Gasteiger partial charge in [0.1, 0.15) is 5.69 Å². The third kappa shape index (κ3) is 5.35. The Labute approximate surface area is 103 Å². The molecule has 0 bridgehead atoms. The van der Waals surface area contributed by atoms with Crippen LogP contribution >= 0.6 is 0 Å². The topological polar surface area (TPSA) is 44.9 Å². The van der Waals surface area contributed by atoms with E-state index in [4.69, 9.17) is 0 Å². The quantitative estimate of drug-likeness (QED) is 0.754. The maximum absolute atomic E-state index is 11.8. The lowest BCUT2D eigenvalue weighted by Crippen LogP contribution is -2.30. The fraction of sp³-hybridized carbons (Fsp3) is 0.583. The van der Waals surface area contributed by atoms with Crippen LogP contribution in [0.4, 0.5) is 13.2 Å². The number of hydrogen-bond donors (Lipinski definition) is 2. The number of halogens is 3. The molecule has 0 saturated carbocycles. The van der Waals surface area contributed by atoms with Crippen molar-refractivity contribution in [1.29, 1.82) is 0 Å². The van der Waals surface area contributed by atoms with Crippen LogP contribution in [0.1, 0.15) is 31.9 Å². The molecule has 1 aromatic heterocycles. The molecule has 0 aromatic carbocycles. The molecule has 6 heteroatoms. The number of H-pyrrole nitrogens is 1. The summed E-state index contributed by atoms with van der Waals surface area (Å²) < 4.78 is 35.4. The first-order valence-electron chi connectivity index (χ1n) is 5.89. The standard InChI is InChI=1S/C6H4F3NO.C6H13N/c7-6(8,9)4-2-1-3-5(11)10-4;1-6-4-2-3-5-7-6/h1-3H,(H,10,11);6-7H,2-5H2,1H3/t;6-/m.1/s1. The summed E-state index contributed by atoms with van der Waals surface area (Å²) in [5.41, 5.74) is -1.77. The Bertz CT molecular complexity index is 408. The van der Waals surface area contributed by atoms with Gasteiger partial charge in [0.25, 0.3) is 0 Å². The highest BCUT2D eigenvalue weighted by Gasteiger charge is 2.31. The zero-order chi connectivity index (χ0) is 13.6. The molecule has 0 amide bonds. The van der Waals surface area contributed by atoms with Crippen molar-refractivity contribution < 1.29 is 13.2 Å². The fourth-order valence-electron chi connectivity index (χ4n) is 1.64. The first-order valence-corrected chi connectivity index (χ1v) is 5.89. The molecule has 1 aromatic rings. The summed E-state index contributed by atoms with van der Waals surface area (Å²) in [5, 5.41) is 3.38. The van der Waals surface area contributed by atoms with E-state index in [0.717, 1.165) is 24.2 Å². The van der Waals surface area contributed by atoms with E-state index in [2.05, 4.69) is 12.2 Å². The number of rotatable bonds is 0. The van der Waals surface area contributed by atoms with Gasteiger partial charge < -0.3 is 10.3 Å². The molecule has 0 unspecified atom stereocenters. The summed E-state index contributed by atoms with van der Waals surface area (Å²) in [5.74, 6) is 0. The summed E-state index contributed by atoms with van der Waals surface area (Å²) in [6.45, 7) is 3.49. The van der Waals surface area contributed by atoms with Crippen LogP contribution in [-0.4, -0.2) is 17.6 Å². The molecular formula is C12H17F3N2O. The maximum atomic E-state index is 11.8. The number of piperidine rings is 1. The Morgan fingerprint density at radius 2 is 2.00 bits per heavy atom. The normalized spacial score (nSPS) is 19.9. The molecule has 1 aliphatic rings. The summed E-state index contributed by atoms with van der Waals surface area (Å²) in [7, 11) is 0. The highest BCUT2D eigenvalue weighted by atomic mass is 19.4. The zero-order valence-electron chi connectivity index (χ0n) is 10.2.